The standard InChI is InChI=1S/C69H124N10O33/c1-44(84)76-57-63(97)60(94)47(38-81)110-66(57)107-35-32-101-24-10-50(87)70-17-4-7-20-73-53(90)13-28-104-41-69(79-56(93)16-27-100-31-23-80,42-105-29-14-54(91)74-21-8-5-18-71-51(88)11-25-102-33-36-108-67-58(77-45(2)85)64(98)61(95)48(39-82)111-67)43-106-30-15-55(92)75-22-9-6-19-72-52(89)12-26-103-34-37-109-68-59(78-46(3)86)65(99)62(96)49(40-83)112-68/h47-49,57-68,80-83,94-99H,4-43H2,1-3H3,(H,70,87)(H,71,88)(H,72,89)(H,73,90)(H,74,91)(H,75,92)(H,76,84)(H,77,85)(H,78,86)(H,79,93). The summed E-state index contributed by atoms with van der Waals surface area (Å²) in [6.07, 6.45) is -13.1. The van der Waals surface area contributed by atoms with Gasteiger partial charge in [-0.1, -0.05) is 0 Å². The molecule has 43 nitrogen and oxygen atoms in total. The number of nitrogens with one attached hydrogen (secondary N) is 10. The number of amides is 10. The Morgan fingerprint density at radius 1 is 0.304 bits per heavy atom. The molecular weight excluding hydrogens is 1500 g/mol. The molecule has 648 valence electrons. The molecule has 3 heterocycles. The van der Waals surface area contributed by atoms with Crippen molar-refractivity contribution in [2.24, 2.45) is 0 Å². The van der Waals surface area contributed by atoms with Crippen LogP contribution in [-0.2, 0) is 110 Å². The molecule has 0 aromatic carbocycles. The number of hydrogen-bond acceptors (Lipinski definition) is 33. The Hall–Kier alpha value is -6.22. The fourth-order valence-electron chi connectivity index (χ4n) is 11.2. The lowest BCUT2D eigenvalue weighted by Gasteiger charge is -2.42. The number of rotatable bonds is 63. The molecule has 10 amide bonds. The molecule has 15 atom stereocenters. The average molecular weight is 1620 g/mol. The molecule has 0 aromatic heterocycles. The van der Waals surface area contributed by atoms with E-state index in [1.807, 2.05) is 0 Å². The molecule has 0 spiro atoms. The van der Waals surface area contributed by atoms with Gasteiger partial charge in [0.05, 0.1) is 139 Å². The average Bonchev–Trinajstić information content (AvgIpc) is 0.819. The maximum atomic E-state index is 13.5. The number of aliphatic hydroxyl groups excluding tert-OH is 10. The van der Waals surface area contributed by atoms with Gasteiger partial charge >= 0.3 is 0 Å². The molecule has 3 fully saturated rings. The first kappa shape index (κ1) is 100.0. The molecule has 0 bridgehead atoms. The zero-order valence-corrected chi connectivity index (χ0v) is 64.3. The molecule has 3 rings (SSSR count). The highest BCUT2D eigenvalue weighted by atomic mass is 16.7. The van der Waals surface area contributed by atoms with Crippen LogP contribution in [0.4, 0.5) is 0 Å². The first-order valence-corrected chi connectivity index (χ1v) is 37.9. The number of carbonyl (C=O) groups is 10. The summed E-state index contributed by atoms with van der Waals surface area (Å²) >= 11 is 0. The monoisotopic (exact) mass is 1620 g/mol. The predicted molar refractivity (Wildman–Crippen MR) is 386 cm³/mol. The van der Waals surface area contributed by atoms with Gasteiger partial charge in [0.15, 0.2) is 18.9 Å². The molecule has 0 aromatic rings. The van der Waals surface area contributed by atoms with Crippen molar-refractivity contribution in [1.82, 2.24) is 53.2 Å². The lowest BCUT2D eigenvalue weighted by Crippen LogP contribution is -2.64. The van der Waals surface area contributed by atoms with Crippen molar-refractivity contribution in [2.45, 2.75) is 202 Å². The second-order valence-electron chi connectivity index (χ2n) is 26.5. The summed E-state index contributed by atoms with van der Waals surface area (Å²) in [6.45, 7) is 1.99. The first-order chi connectivity index (χ1) is 53.8. The van der Waals surface area contributed by atoms with Crippen LogP contribution in [-0.4, -0.2) is 386 Å². The normalized spacial score (nSPS) is 24.2. The van der Waals surface area contributed by atoms with Crippen molar-refractivity contribution in [2.75, 3.05) is 178 Å². The van der Waals surface area contributed by atoms with Crippen molar-refractivity contribution >= 4 is 59.1 Å². The molecule has 43 heteroatoms. The van der Waals surface area contributed by atoms with E-state index < -0.39 is 141 Å². The largest absolute Gasteiger partial charge is 0.394 e. The topological polar surface area (TPSA) is 613 Å². The zero-order chi connectivity index (χ0) is 82.5. The van der Waals surface area contributed by atoms with Gasteiger partial charge in [-0.05, 0) is 38.5 Å². The van der Waals surface area contributed by atoms with E-state index in [4.69, 9.17) is 61.6 Å². The van der Waals surface area contributed by atoms with E-state index in [9.17, 15) is 99.0 Å². The highest BCUT2D eigenvalue weighted by Crippen LogP contribution is 2.25. The quantitative estimate of drug-likeness (QED) is 0.0251. The molecular formula is C69H124N10O33. The second kappa shape index (κ2) is 59.4. The molecule has 0 saturated carbocycles. The summed E-state index contributed by atoms with van der Waals surface area (Å²) in [5.74, 6) is -3.99. The Morgan fingerprint density at radius 2 is 0.536 bits per heavy atom. The molecule has 112 heavy (non-hydrogen) atoms. The van der Waals surface area contributed by atoms with Crippen LogP contribution in [0.1, 0.15) is 104 Å². The third-order valence-corrected chi connectivity index (χ3v) is 17.1. The second-order valence-corrected chi connectivity index (χ2v) is 26.5. The van der Waals surface area contributed by atoms with Gasteiger partial charge in [-0.25, -0.2) is 0 Å². The maximum absolute atomic E-state index is 13.5. The summed E-state index contributed by atoms with van der Waals surface area (Å²) in [7, 11) is 0. The Morgan fingerprint density at radius 3 is 0.768 bits per heavy atom. The van der Waals surface area contributed by atoms with Crippen molar-refractivity contribution in [3.63, 3.8) is 0 Å². The SMILES string of the molecule is CC(=O)NC1C(OCCOCCC(=O)NCCCCNC(=O)CCOCC(COCCC(=O)NCCCCNC(=O)CCOCCOC2OC(CO)C(O)C(O)C2NC(C)=O)(COCCC(=O)NCCCCNC(=O)CCOCCOC2OC(CO)C(O)C(O)C2NC(C)=O)NC(=O)CCOCCO)OC(CO)C(O)C1O. The molecule has 20 N–H and O–H groups in total. The van der Waals surface area contributed by atoms with Gasteiger partial charge in [-0.2, -0.15) is 0 Å². The fourth-order valence-corrected chi connectivity index (χ4v) is 11.2. The smallest absolute Gasteiger partial charge is 0.222 e. The van der Waals surface area contributed by atoms with E-state index >= 15 is 0 Å². The van der Waals surface area contributed by atoms with Crippen LogP contribution in [0.2, 0.25) is 0 Å². The van der Waals surface area contributed by atoms with Crippen molar-refractivity contribution in [3.8, 4) is 0 Å². The number of aliphatic hydroxyl groups is 10. The number of hydrogen-bond donors (Lipinski definition) is 20. The lowest BCUT2D eigenvalue weighted by molar-refractivity contribution is -0.272. The lowest BCUT2D eigenvalue weighted by atomic mass is 9.97. The summed E-state index contributed by atoms with van der Waals surface area (Å²) in [4.78, 5) is 125. The highest BCUT2D eigenvalue weighted by molar-refractivity contribution is 5.79. The molecule has 15 unspecified atom stereocenters. The van der Waals surface area contributed by atoms with Crippen molar-refractivity contribution < 1.29 is 161 Å². The summed E-state index contributed by atoms with van der Waals surface area (Å²) in [5.41, 5.74) is -1.45. The molecule has 3 saturated heterocycles. The van der Waals surface area contributed by atoms with Crippen LogP contribution in [0.25, 0.3) is 0 Å². The Bertz CT molecular complexity index is 2430. The van der Waals surface area contributed by atoms with E-state index in [0.717, 1.165) is 0 Å². The predicted octanol–water partition coefficient (Wildman–Crippen LogP) is -9.40. The minimum absolute atomic E-state index is 0.0176. The maximum Gasteiger partial charge on any atom is 0.222 e. The van der Waals surface area contributed by atoms with E-state index in [2.05, 4.69) is 53.2 Å². The third-order valence-electron chi connectivity index (χ3n) is 17.1. The minimum Gasteiger partial charge on any atom is -0.394 e. The van der Waals surface area contributed by atoms with Gasteiger partial charge in [0.25, 0.3) is 0 Å². The van der Waals surface area contributed by atoms with Gasteiger partial charge in [0, 0.05) is 105 Å². The van der Waals surface area contributed by atoms with Gasteiger partial charge < -0.3 is 166 Å². The van der Waals surface area contributed by atoms with Gasteiger partial charge in [0.2, 0.25) is 59.1 Å². The first-order valence-electron chi connectivity index (χ1n) is 37.9. The van der Waals surface area contributed by atoms with Crippen molar-refractivity contribution in [3.05, 3.63) is 0 Å². The van der Waals surface area contributed by atoms with E-state index in [0.29, 0.717) is 58.2 Å². The highest BCUT2D eigenvalue weighted by Gasteiger charge is 2.48. The van der Waals surface area contributed by atoms with Gasteiger partial charge in [0.1, 0.15) is 78.6 Å². The Labute approximate surface area is 650 Å². The van der Waals surface area contributed by atoms with Crippen LogP contribution in [0.3, 0.4) is 0 Å². The number of carbonyl (C=O) groups excluding carboxylic acids is 10. The summed E-state index contributed by atoms with van der Waals surface area (Å²) in [5, 5.41) is 127. The van der Waals surface area contributed by atoms with Gasteiger partial charge in [-0.15, -0.1) is 0 Å². The van der Waals surface area contributed by atoms with Crippen molar-refractivity contribution in [1.29, 1.82) is 0 Å². The van der Waals surface area contributed by atoms with E-state index in [-0.39, 0.29) is 219 Å². The molecule has 0 radical (unpaired) electrons. The third kappa shape index (κ3) is 42.4. The fraction of sp³-hybridized carbons (Fsp3) is 0.855. The molecule has 3 aliphatic heterocycles. The Balaban J connectivity index is 1.45. The molecule has 0 aliphatic carbocycles. The van der Waals surface area contributed by atoms with Crippen LogP contribution in [0.15, 0.2) is 0 Å². The van der Waals surface area contributed by atoms with Crippen LogP contribution >= 0.6 is 0 Å². The zero-order valence-electron chi connectivity index (χ0n) is 64.3. The summed E-state index contributed by atoms with van der Waals surface area (Å²) < 4.78 is 73.1. The number of unbranched alkanes of at least 4 members (excludes halogenated alkanes) is 3. The van der Waals surface area contributed by atoms with Crippen LogP contribution < -0.4 is 53.2 Å². The minimum atomic E-state index is -1.47. The van der Waals surface area contributed by atoms with Crippen LogP contribution in [0.5, 0.6) is 0 Å². The Kier molecular flexibility index (Phi) is 53.1. The van der Waals surface area contributed by atoms with Gasteiger partial charge in [-0.3, -0.25) is 47.9 Å². The molecule has 3 aliphatic rings. The van der Waals surface area contributed by atoms with E-state index in [1.165, 1.54) is 20.8 Å². The van der Waals surface area contributed by atoms with Crippen LogP contribution in [0, 0.1) is 0 Å². The number of ether oxygens (including phenoxy) is 13. The summed E-state index contributed by atoms with van der Waals surface area (Å²) in [6, 6.07) is -3.34. The van der Waals surface area contributed by atoms with E-state index in [1.54, 1.807) is 0 Å².